The van der Waals surface area contributed by atoms with Crippen molar-refractivity contribution in [2.75, 3.05) is 6.61 Å². The summed E-state index contributed by atoms with van der Waals surface area (Å²) in [5.74, 6) is 1.65. The Balaban J connectivity index is 1.64. The zero-order chi connectivity index (χ0) is 14.4. The van der Waals surface area contributed by atoms with E-state index in [1.807, 2.05) is 0 Å². The predicted octanol–water partition coefficient (Wildman–Crippen LogP) is 4.37. The number of benzene rings is 1. The standard InChI is InChI=1S/C17H24O3/c1-13-4-6-14(7-5-13)3-2-12-20-16-10-8-15(9-11-16)17(18)19/h8-11,13-14H,2-7,12H2,1H3,(H,18,19)/t13-,14-. The minimum Gasteiger partial charge on any atom is -0.494 e. The van der Waals surface area contributed by atoms with Gasteiger partial charge < -0.3 is 9.84 Å². The Hall–Kier alpha value is -1.51. The second-order valence-electron chi connectivity index (χ2n) is 5.95. The zero-order valence-electron chi connectivity index (χ0n) is 12.2. The Morgan fingerprint density at radius 3 is 2.45 bits per heavy atom. The van der Waals surface area contributed by atoms with E-state index < -0.39 is 5.97 Å². The van der Waals surface area contributed by atoms with Crippen molar-refractivity contribution in [3.63, 3.8) is 0 Å². The summed E-state index contributed by atoms with van der Waals surface area (Å²) < 4.78 is 5.66. The highest BCUT2D eigenvalue weighted by Crippen LogP contribution is 2.31. The van der Waals surface area contributed by atoms with E-state index in [2.05, 4.69) is 6.92 Å². The van der Waals surface area contributed by atoms with E-state index in [1.54, 1.807) is 24.3 Å². The molecule has 2 rings (SSSR count). The predicted molar refractivity (Wildman–Crippen MR) is 79.3 cm³/mol. The molecule has 0 heterocycles. The van der Waals surface area contributed by atoms with Gasteiger partial charge in [0.2, 0.25) is 0 Å². The van der Waals surface area contributed by atoms with Gasteiger partial charge in [0.15, 0.2) is 0 Å². The number of carboxylic acids is 1. The number of aromatic carboxylic acids is 1. The number of hydrogen-bond acceptors (Lipinski definition) is 2. The number of ether oxygens (including phenoxy) is 1. The molecule has 1 aliphatic rings. The minimum absolute atomic E-state index is 0.300. The minimum atomic E-state index is -0.900. The quantitative estimate of drug-likeness (QED) is 0.785. The van der Waals surface area contributed by atoms with Crippen molar-refractivity contribution in [3.05, 3.63) is 29.8 Å². The van der Waals surface area contributed by atoms with Crippen LogP contribution in [0.25, 0.3) is 0 Å². The molecule has 3 nitrogen and oxygen atoms in total. The van der Waals surface area contributed by atoms with Crippen LogP contribution >= 0.6 is 0 Å². The van der Waals surface area contributed by atoms with Gasteiger partial charge in [0, 0.05) is 0 Å². The molecular weight excluding hydrogens is 252 g/mol. The second-order valence-corrected chi connectivity index (χ2v) is 5.95. The molecule has 0 amide bonds. The van der Waals surface area contributed by atoms with Crippen LogP contribution in [0.5, 0.6) is 5.75 Å². The normalized spacial score (nSPS) is 22.4. The van der Waals surface area contributed by atoms with Gasteiger partial charge in [-0.05, 0) is 48.9 Å². The highest BCUT2D eigenvalue weighted by Gasteiger charge is 2.17. The molecule has 20 heavy (non-hydrogen) atoms. The Morgan fingerprint density at radius 1 is 1.20 bits per heavy atom. The number of hydrogen-bond donors (Lipinski definition) is 1. The summed E-state index contributed by atoms with van der Waals surface area (Å²) in [6, 6.07) is 6.62. The molecule has 1 N–H and O–H groups in total. The third-order valence-corrected chi connectivity index (χ3v) is 4.26. The van der Waals surface area contributed by atoms with E-state index in [4.69, 9.17) is 9.84 Å². The van der Waals surface area contributed by atoms with Crippen LogP contribution in [0.3, 0.4) is 0 Å². The van der Waals surface area contributed by atoms with Crippen molar-refractivity contribution in [3.8, 4) is 5.75 Å². The van der Waals surface area contributed by atoms with Crippen molar-refractivity contribution < 1.29 is 14.6 Å². The van der Waals surface area contributed by atoms with Crippen LogP contribution < -0.4 is 4.74 Å². The van der Waals surface area contributed by atoms with Crippen LogP contribution in [0.4, 0.5) is 0 Å². The fourth-order valence-electron chi connectivity index (χ4n) is 2.87. The number of carbonyl (C=O) groups is 1. The Labute approximate surface area is 121 Å². The lowest BCUT2D eigenvalue weighted by molar-refractivity contribution is 0.0697. The maximum absolute atomic E-state index is 10.7. The molecular formula is C17H24O3. The third kappa shape index (κ3) is 4.55. The summed E-state index contributed by atoms with van der Waals surface area (Å²) in [6.45, 7) is 3.07. The van der Waals surface area contributed by atoms with Crippen LogP contribution in [0.2, 0.25) is 0 Å². The maximum atomic E-state index is 10.7. The molecule has 0 aromatic heterocycles. The average molecular weight is 276 g/mol. The highest BCUT2D eigenvalue weighted by molar-refractivity contribution is 5.87. The molecule has 0 radical (unpaired) electrons. The molecule has 1 fully saturated rings. The summed E-state index contributed by atoms with van der Waals surface area (Å²) in [5, 5.41) is 8.81. The van der Waals surface area contributed by atoms with Gasteiger partial charge in [0.1, 0.15) is 5.75 Å². The third-order valence-electron chi connectivity index (χ3n) is 4.26. The van der Waals surface area contributed by atoms with Gasteiger partial charge in [-0.15, -0.1) is 0 Å². The van der Waals surface area contributed by atoms with E-state index in [0.717, 1.165) is 30.6 Å². The largest absolute Gasteiger partial charge is 0.494 e. The monoisotopic (exact) mass is 276 g/mol. The molecule has 1 saturated carbocycles. The van der Waals surface area contributed by atoms with E-state index >= 15 is 0 Å². The second kappa shape index (κ2) is 7.32. The van der Waals surface area contributed by atoms with E-state index in [-0.39, 0.29) is 0 Å². The molecule has 3 heteroatoms. The van der Waals surface area contributed by atoms with Crippen molar-refractivity contribution in [1.29, 1.82) is 0 Å². The molecule has 1 aromatic carbocycles. The average Bonchev–Trinajstić information content (AvgIpc) is 2.46. The van der Waals surface area contributed by atoms with Crippen molar-refractivity contribution in [1.82, 2.24) is 0 Å². The Kier molecular flexibility index (Phi) is 5.45. The summed E-state index contributed by atoms with van der Waals surface area (Å²) in [7, 11) is 0. The van der Waals surface area contributed by atoms with Crippen molar-refractivity contribution >= 4 is 5.97 Å². The highest BCUT2D eigenvalue weighted by atomic mass is 16.5. The van der Waals surface area contributed by atoms with Crippen molar-refractivity contribution in [2.45, 2.75) is 45.4 Å². The van der Waals surface area contributed by atoms with Gasteiger partial charge in [-0.25, -0.2) is 4.79 Å². The van der Waals surface area contributed by atoms with Gasteiger partial charge in [0.05, 0.1) is 12.2 Å². The molecule has 1 aromatic rings. The first-order valence-electron chi connectivity index (χ1n) is 7.61. The molecule has 0 unspecified atom stereocenters. The maximum Gasteiger partial charge on any atom is 0.335 e. The summed E-state index contributed by atoms with van der Waals surface area (Å²) in [6.07, 6.45) is 7.83. The topological polar surface area (TPSA) is 46.5 Å². The molecule has 0 spiro atoms. The first-order valence-corrected chi connectivity index (χ1v) is 7.61. The van der Waals surface area contributed by atoms with E-state index in [9.17, 15) is 4.79 Å². The van der Waals surface area contributed by atoms with Crippen LogP contribution in [0.15, 0.2) is 24.3 Å². The van der Waals surface area contributed by atoms with Gasteiger partial charge >= 0.3 is 5.97 Å². The molecule has 0 atom stereocenters. The molecule has 0 bridgehead atoms. The van der Waals surface area contributed by atoms with Crippen LogP contribution in [-0.2, 0) is 0 Å². The van der Waals surface area contributed by atoms with Crippen LogP contribution in [0, 0.1) is 11.8 Å². The fourth-order valence-corrected chi connectivity index (χ4v) is 2.87. The molecule has 0 saturated heterocycles. The first-order chi connectivity index (χ1) is 9.65. The summed E-state index contributed by atoms with van der Waals surface area (Å²) in [4.78, 5) is 10.7. The lowest BCUT2D eigenvalue weighted by Crippen LogP contribution is -2.13. The smallest absolute Gasteiger partial charge is 0.335 e. The van der Waals surface area contributed by atoms with Gasteiger partial charge in [-0.3, -0.25) is 0 Å². The van der Waals surface area contributed by atoms with Crippen LogP contribution in [0.1, 0.15) is 55.8 Å². The summed E-state index contributed by atoms with van der Waals surface area (Å²) in [5.41, 5.74) is 0.300. The molecule has 1 aliphatic carbocycles. The SMILES string of the molecule is C[C@H]1CC[C@H](CCCOc2ccc(C(=O)O)cc2)CC1. The van der Waals surface area contributed by atoms with Gasteiger partial charge in [-0.1, -0.05) is 32.6 Å². The number of carboxylic acid groups (broad SMARTS) is 1. The Morgan fingerprint density at radius 2 is 1.85 bits per heavy atom. The molecule has 0 aliphatic heterocycles. The van der Waals surface area contributed by atoms with Gasteiger partial charge in [0.25, 0.3) is 0 Å². The zero-order valence-corrected chi connectivity index (χ0v) is 12.2. The lowest BCUT2D eigenvalue weighted by atomic mass is 9.81. The first kappa shape index (κ1) is 14.9. The van der Waals surface area contributed by atoms with E-state index in [1.165, 1.54) is 32.1 Å². The number of rotatable bonds is 6. The van der Waals surface area contributed by atoms with Gasteiger partial charge in [-0.2, -0.15) is 0 Å². The fraction of sp³-hybridized carbons (Fsp3) is 0.588. The van der Waals surface area contributed by atoms with Crippen molar-refractivity contribution in [2.24, 2.45) is 11.8 Å². The lowest BCUT2D eigenvalue weighted by Gasteiger charge is -2.25. The van der Waals surface area contributed by atoms with Crippen LogP contribution in [-0.4, -0.2) is 17.7 Å². The molecule has 110 valence electrons. The summed E-state index contributed by atoms with van der Waals surface area (Å²) >= 11 is 0. The Bertz CT molecular complexity index is 416. The van der Waals surface area contributed by atoms with E-state index in [0.29, 0.717) is 5.56 Å².